The number of nitriles is 1. The highest BCUT2D eigenvalue weighted by Gasteiger charge is 2.53. The molecule has 0 amide bonds. The van der Waals surface area contributed by atoms with Crippen LogP contribution >= 0.6 is 0 Å². The van der Waals surface area contributed by atoms with Crippen molar-refractivity contribution in [2.75, 3.05) is 5.32 Å². The number of anilines is 1. The Labute approximate surface area is 126 Å². The summed E-state index contributed by atoms with van der Waals surface area (Å²) in [7, 11) is 0. The minimum atomic E-state index is 0.370. The predicted molar refractivity (Wildman–Crippen MR) is 80.4 cm³/mol. The summed E-state index contributed by atoms with van der Waals surface area (Å²) in [6.45, 7) is 2.28. The van der Waals surface area contributed by atoms with Crippen LogP contribution in [0.5, 0.6) is 0 Å². The van der Waals surface area contributed by atoms with Crippen LogP contribution in [0.3, 0.4) is 0 Å². The molecule has 4 fully saturated rings. The molecule has 4 saturated carbocycles. The van der Waals surface area contributed by atoms with E-state index in [1.165, 1.54) is 38.5 Å². The van der Waals surface area contributed by atoms with Gasteiger partial charge in [-0.25, -0.2) is 9.97 Å². The zero-order valence-corrected chi connectivity index (χ0v) is 12.5. The van der Waals surface area contributed by atoms with Crippen molar-refractivity contribution < 1.29 is 0 Å². The third-order valence-electron chi connectivity index (χ3n) is 6.16. The lowest BCUT2D eigenvalue weighted by Gasteiger charge is -2.59. The van der Waals surface area contributed by atoms with Gasteiger partial charge in [-0.1, -0.05) is 0 Å². The Bertz CT molecular complexity index is 553. The minimum Gasteiger partial charge on any atom is -0.365 e. The van der Waals surface area contributed by atoms with Gasteiger partial charge in [0.15, 0.2) is 11.5 Å². The second-order valence-electron chi connectivity index (χ2n) is 7.51. The van der Waals surface area contributed by atoms with Gasteiger partial charge in [-0.05, 0) is 68.6 Å². The number of nitrogens with one attached hydrogen (secondary N) is 1. The van der Waals surface area contributed by atoms with Crippen molar-refractivity contribution in [3.05, 3.63) is 18.1 Å². The molecule has 0 saturated heterocycles. The van der Waals surface area contributed by atoms with Gasteiger partial charge in [-0.3, -0.25) is 0 Å². The number of rotatable bonds is 3. The van der Waals surface area contributed by atoms with Crippen molar-refractivity contribution in [3.63, 3.8) is 0 Å². The van der Waals surface area contributed by atoms with Gasteiger partial charge >= 0.3 is 0 Å². The molecule has 0 aliphatic heterocycles. The smallest absolute Gasteiger partial charge is 0.182 e. The lowest BCUT2D eigenvalue weighted by Crippen LogP contribution is -2.53. The highest BCUT2D eigenvalue weighted by molar-refractivity contribution is 5.47. The molecular weight excluding hydrogens is 260 g/mol. The van der Waals surface area contributed by atoms with E-state index in [1.54, 1.807) is 12.4 Å². The first kappa shape index (κ1) is 13.1. The third-order valence-corrected chi connectivity index (χ3v) is 6.16. The van der Waals surface area contributed by atoms with Crippen LogP contribution in [0.25, 0.3) is 0 Å². The Morgan fingerprint density at radius 1 is 1.14 bits per heavy atom. The molecule has 0 radical (unpaired) electrons. The van der Waals surface area contributed by atoms with Crippen LogP contribution in [-0.4, -0.2) is 16.0 Å². The van der Waals surface area contributed by atoms with Crippen LogP contribution in [0.1, 0.15) is 51.1 Å². The Kier molecular flexibility index (Phi) is 2.92. The lowest BCUT2D eigenvalue weighted by molar-refractivity contribution is -0.0603. The molecule has 110 valence electrons. The summed E-state index contributed by atoms with van der Waals surface area (Å²) in [5.74, 6) is 3.48. The van der Waals surface area contributed by atoms with Crippen molar-refractivity contribution in [2.45, 2.75) is 51.5 Å². The first-order valence-corrected chi connectivity index (χ1v) is 8.16. The fourth-order valence-corrected chi connectivity index (χ4v) is 5.59. The van der Waals surface area contributed by atoms with E-state index in [1.807, 2.05) is 0 Å². The topological polar surface area (TPSA) is 61.6 Å². The molecule has 4 nitrogen and oxygen atoms in total. The molecule has 1 aromatic rings. The molecule has 4 aliphatic carbocycles. The normalized spacial score (nSPS) is 38.0. The number of hydrogen-bond acceptors (Lipinski definition) is 4. The van der Waals surface area contributed by atoms with Crippen LogP contribution in [0.2, 0.25) is 0 Å². The van der Waals surface area contributed by atoms with E-state index in [0.29, 0.717) is 23.0 Å². The maximum absolute atomic E-state index is 9.17. The zero-order valence-electron chi connectivity index (χ0n) is 12.5. The van der Waals surface area contributed by atoms with Gasteiger partial charge in [0, 0.05) is 18.4 Å². The van der Waals surface area contributed by atoms with E-state index in [9.17, 15) is 5.26 Å². The van der Waals surface area contributed by atoms with Crippen LogP contribution in [0.4, 0.5) is 5.82 Å². The maximum atomic E-state index is 9.17. The summed E-state index contributed by atoms with van der Waals surface area (Å²) in [5, 5.41) is 12.7. The Hall–Kier alpha value is -1.63. The van der Waals surface area contributed by atoms with Crippen LogP contribution < -0.4 is 5.32 Å². The molecule has 1 heterocycles. The molecule has 0 aromatic carbocycles. The highest BCUT2D eigenvalue weighted by atomic mass is 15.0. The first-order chi connectivity index (χ1) is 10.2. The van der Waals surface area contributed by atoms with Gasteiger partial charge in [0.05, 0.1) is 0 Å². The number of aromatic nitrogens is 2. The van der Waals surface area contributed by atoms with Crippen molar-refractivity contribution in [2.24, 2.45) is 23.2 Å². The van der Waals surface area contributed by atoms with Crippen molar-refractivity contribution in [1.82, 2.24) is 9.97 Å². The maximum Gasteiger partial charge on any atom is 0.182 e. The summed E-state index contributed by atoms with van der Waals surface area (Å²) < 4.78 is 0. The molecule has 4 aliphatic rings. The number of hydrogen-bond donors (Lipinski definition) is 1. The average Bonchev–Trinajstić information content (AvgIpc) is 2.46. The third kappa shape index (κ3) is 2.10. The van der Waals surface area contributed by atoms with Crippen LogP contribution in [0.15, 0.2) is 12.4 Å². The fourth-order valence-electron chi connectivity index (χ4n) is 5.59. The minimum absolute atomic E-state index is 0.370. The Balaban J connectivity index is 1.58. The molecule has 1 N–H and O–H groups in total. The van der Waals surface area contributed by atoms with E-state index < -0.39 is 0 Å². The molecule has 1 unspecified atom stereocenters. The van der Waals surface area contributed by atoms with Gasteiger partial charge in [0.25, 0.3) is 0 Å². The van der Waals surface area contributed by atoms with Crippen LogP contribution in [-0.2, 0) is 0 Å². The fraction of sp³-hybridized carbons (Fsp3) is 0.706. The summed E-state index contributed by atoms with van der Waals surface area (Å²) in [6, 6.07) is 2.51. The quantitative estimate of drug-likeness (QED) is 0.923. The first-order valence-electron chi connectivity index (χ1n) is 8.16. The summed E-state index contributed by atoms with van der Waals surface area (Å²) in [4.78, 5) is 8.43. The van der Waals surface area contributed by atoms with Gasteiger partial charge in [0.2, 0.25) is 0 Å². The number of nitrogens with zero attached hydrogens (tertiary/aromatic N) is 3. The van der Waals surface area contributed by atoms with Crippen molar-refractivity contribution in [1.29, 1.82) is 5.26 Å². The molecule has 0 spiro atoms. The van der Waals surface area contributed by atoms with E-state index in [-0.39, 0.29) is 0 Å². The zero-order chi connectivity index (χ0) is 14.4. The SMILES string of the molecule is CC(Nc1nccnc1C#N)C12CC3CC(CC(C3)C1)C2. The largest absolute Gasteiger partial charge is 0.365 e. The van der Waals surface area contributed by atoms with Crippen LogP contribution in [0, 0.1) is 34.5 Å². The molecule has 21 heavy (non-hydrogen) atoms. The molecule has 1 aromatic heterocycles. The average molecular weight is 282 g/mol. The summed E-state index contributed by atoms with van der Waals surface area (Å²) in [6.07, 6.45) is 11.7. The highest BCUT2D eigenvalue weighted by Crippen LogP contribution is 2.61. The van der Waals surface area contributed by atoms with Gasteiger partial charge in [0.1, 0.15) is 6.07 Å². The van der Waals surface area contributed by atoms with E-state index in [0.717, 1.165) is 17.8 Å². The van der Waals surface area contributed by atoms with Crippen molar-refractivity contribution >= 4 is 5.82 Å². The van der Waals surface area contributed by atoms with Gasteiger partial charge < -0.3 is 5.32 Å². The van der Waals surface area contributed by atoms with Crippen molar-refractivity contribution in [3.8, 4) is 6.07 Å². The van der Waals surface area contributed by atoms with Gasteiger partial charge in [-0.2, -0.15) is 5.26 Å². The molecular formula is C17H22N4. The molecule has 4 heteroatoms. The molecule has 5 rings (SSSR count). The monoisotopic (exact) mass is 282 g/mol. The predicted octanol–water partition coefficient (Wildman–Crippen LogP) is 3.37. The standard InChI is InChI=1S/C17H22N4/c1-11(21-16-15(10-18)19-2-3-20-16)17-7-12-4-13(8-17)6-14(5-12)9-17/h2-3,11-14H,4-9H2,1H3,(H,20,21). The Morgan fingerprint density at radius 3 is 2.29 bits per heavy atom. The molecule has 1 atom stereocenters. The van der Waals surface area contributed by atoms with Gasteiger partial charge in [-0.15, -0.1) is 0 Å². The Morgan fingerprint density at radius 2 is 1.71 bits per heavy atom. The lowest BCUT2D eigenvalue weighted by atomic mass is 9.48. The summed E-state index contributed by atoms with van der Waals surface area (Å²) >= 11 is 0. The van der Waals surface area contributed by atoms with E-state index in [2.05, 4.69) is 28.3 Å². The second-order valence-corrected chi connectivity index (χ2v) is 7.51. The van der Waals surface area contributed by atoms with E-state index >= 15 is 0 Å². The summed E-state index contributed by atoms with van der Waals surface area (Å²) in [5.41, 5.74) is 0.827. The molecule has 4 bridgehead atoms. The second kappa shape index (κ2) is 4.69. The van der Waals surface area contributed by atoms with E-state index in [4.69, 9.17) is 0 Å².